The highest BCUT2D eigenvalue weighted by molar-refractivity contribution is 7.85. The van der Waals surface area contributed by atoms with E-state index in [4.69, 9.17) is 0 Å². The largest absolute Gasteiger partial charge is 0.384 e. The van der Waals surface area contributed by atoms with Crippen molar-refractivity contribution in [1.82, 2.24) is 0 Å². The summed E-state index contributed by atoms with van der Waals surface area (Å²) in [4.78, 5) is 0.749. The summed E-state index contributed by atoms with van der Waals surface area (Å²) in [5, 5.41) is 10.4. The highest BCUT2D eigenvalue weighted by Crippen LogP contribution is 2.30. The quantitative estimate of drug-likeness (QED) is 0.936. The van der Waals surface area contributed by atoms with E-state index in [1.165, 1.54) is 0 Å². The Hall–Kier alpha value is -1.45. The van der Waals surface area contributed by atoms with Gasteiger partial charge in [-0.2, -0.15) is 0 Å². The van der Waals surface area contributed by atoms with E-state index in [1.807, 2.05) is 68.4 Å². The lowest BCUT2D eigenvalue weighted by molar-refractivity contribution is 0.0578. The molecule has 0 unspecified atom stereocenters. The lowest BCUT2D eigenvalue weighted by atomic mass is 9.93. The van der Waals surface area contributed by atoms with Gasteiger partial charge in [-0.25, -0.2) is 0 Å². The topological polar surface area (TPSA) is 37.3 Å². The van der Waals surface area contributed by atoms with Crippen molar-refractivity contribution in [3.63, 3.8) is 0 Å². The fraction of sp³-hybridized carbons (Fsp3) is 0.294. The van der Waals surface area contributed by atoms with E-state index in [-0.39, 0.29) is 0 Å². The van der Waals surface area contributed by atoms with Gasteiger partial charge in [0.1, 0.15) is 5.60 Å². The molecule has 0 fully saturated rings. The van der Waals surface area contributed by atoms with Crippen LogP contribution in [0.3, 0.4) is 0 Å². The van der Waals surface area contributed by atoms with Crippen LogP contribution in [0, 0.1) is 6.92 Å². The van der Waals surface area contributed by atoms with E-state index in [0.29, 0.717) is 0 Å². The van der Waals surface area contributed by atoms with E-state index in [0.717, 1.165) is 16.0 Å². The number of benzene rings is 2. The average Bonchev–Trinajstić information content (AvgIpc) is 2.47. The molecule has 0 aliphatic carbocycles. The highest BCUT2D eigenvalue weighted by atomic mass is 32.2. The van der Waals surface area contributed by atoms with Gasteiger partial charge in [0.05, 0.1) is 16.0 Å². The van der Waals surface area contributed by atoms with Crippen LogP contribution in [0.1, 0.15) is 25.0 Å². The SMILES string of the molecule is Cc1ccc([S@](=O)[C@@H](C)[C@](C)(O)c2ccccc2)cc1. The summed E-state index contributed by atoms with van der Waals surface area (Å²) in [6.45, 7) is 5.54. The Labute approximate surface area is 122 Å². The van der Waals surface area contributed by atoms with Gasteiger partial charge in [-0.3, -0.25) is 4.21 Å². The van der Waals surface area contributed by atoms with Gasteiger partial charge in [0, 0.05) is 4.90 Å². The zero-order valence-corrected chi connectivity index (χ0v) is 12.9. The lowest BCUT2D eigenvalue weighted by Gasteiger charge is -2.30. The molecule has 0 bridgehead atoms. The van der Waals surface area contributed by atoms with Crippen LogP contribution in [0.4, 0.5) is 0 Å². The maximum absolute atomic E-state index is 12.6. The molecule has 0 aromatic heterocycles. The van der Waals surface area contributed by atoms with Crippen molar-refractivity contribution in [2.45, 2.75) is 36.5 Å². The molecule has 1 N–H and O–H groups in total. The smallest absolute Gasteiger partial charge is 0.101 e. The van der Waals surface area contributed by atoms with Crippen LogP contribution in [0.25, 0.3) is 0 Å². The molecule has 0 heterocycles. The van der Waals surface area contributed by atoms with Crippen LogP contribution in [0.15, 0.2) is 59.5 Å². The molecule has 2 aromatic carbocycles. The summed E-state index contributed by atoms with van der Waals surface area (Å²) in [5.41, 5.74) is 0.790. The van der Waals surface area contributed by atoms with Gasteiger partial charge >= 0.3 is 0 Å². The molecule has 2 nitrogen and oxygen atoms in total. The average molecular weight is 288 g/mol. The first-order valence-electron chi connectivity index (χ1n) is 6.68. The van der Waals surface area contributed by atoms with Crippen molar-refractivity contribution in [1.29, 1.82) is 0 Å². The van der Waals surface area contributed by atoms with Crippen LogP contribution in [-0.4, -0.2) is 14.6 Å². The van der Waals surface area contributed by atoms with Gasteiger partial charge in [-0.1, -0.05) is 48.0 Å². The second-order valence-electron chi connectivity index (χ2n) is 5.27. The van der Waals surface area contributed by atoms with E-state index >= 15 is 0 Å². The van der Waals surface area contributed by atoms with Crippen molar-refractivity contribution in [3.05, 3.63) is 65.7 Å². The Bertz CT molecular complexity index is 588. The summed E-state index contributed by atoms with van der Waals surface area (Å²) in [6.07, 6.45) is 0. The molecule has 2 aromatic rings. The molecule has 3 heteroatoms. The maximum atomic E-state index is 12.6. The van der Waals surface area contributed by atoms with Crippen molar-refractivity contribution < 1.29 is 9.32 Å². The van der Waals surface area contributed by atoms with Gasteiger partial charge in [-0.15, -0.1) is 0 Å². The van der Waals surface area contributed by atoms with E-state index in [1.54, 1.807) is 6.92 Å². The summed E-state index contributed by atoms with van der Waals surface area (Å²) >= 11 is 0. The fourth-order valence-corrected chi connectivity index (χ4v) is 3.46. The van der Waals surface area contributed by atoms with Gasteiger partial charge in [0.15, 0.2) is 0 Å². The minimum absolute atomic E-state index is 0.396. The molecule has 3 atom stereocenters. The standard InChI is InChI=1S/C17H20O2S/c1-13-9-11-16(12-10-13)20(19)14(2)17(3,18)15-7-5-4-6-8-15/h4-12,14,18H,1-3H3/t14-,17-,20+/m0/s1. The Morgan fingerprint density at radius 2 is 1.60 bits per heavy atom. The van der Waals surface area contributed by atoms with Crippen LogP contribution < -0.4 is 0 Å². The molecule has 106 valence electrons. The van der Waals surface area contributed by atoms with Crippen LogP contribution in [0.2, 0.25) is 0 Å². The number of aliphatic hydroxyl groups is 1. The molecule has 0 saturated heterocycles. The minimum Gasteiger partial charge on any atom is -0.384 e. The Morgan fingerprint density at radius 1 is 1.05 bits per heavy atom. The van der Waals surface area contributed by atoms with Gasteiger partial charge in [-0.05, 0) is 38.5 Å². The van der Waals surface area contributed by atoms with Gasteiger partial charge in [0.25, 0.3) is 0 Å². The predicted octanol–water partition coefficient (Wildman–Crippen LogP) is 3.40. The Balaban J connectivity index is 2.28. The predicted molar refractivity (Wildman–Crippen MR) is 83.1 cm³/mol. The summed E-state index contributed by atoms with van der Waals surface area (Å²) in [5.74, 6) is 0. The maximum Gasteiger partial charge on any atom is 0.101 e. The van der Waals surface area contributed by atoms with Gasteiger partial charge < -0.3 is 5.11 Å². The second-order valence-corrected chi connectivity index (χ2v) is 7.04. The summed E-state index contributed by atoms with van der Waals surface area (Å²) in [7, 11) is -1.26. The normalized spacial score (nSPS) is 17.2. The lowest BCUT2D eigenvalue weighted by Crippen LogP contribution is -2.37. The molecular formula is C17H20O2S. The zero-order chi connectivity index (χ0) is 14.8. The van der Waals surface area contributed by atoms with Crippen molar-refractivity contribution in [2.24, 2.45) is 0 Å². The Kier molecular flexibility index (Phi) is 4.41. The van der Waals surface area contributed by atoms with Crippen molar-refractivity contribution in [3.8, 4) is 0 Å². The highest BCUT2D eigenvalue weighted by Gasteiger charge is 2.34. The Morgan fingerprint density at radius 3 is 2.15 bits per heavy atom. The number of aryl methyl sites for hydroxylation is 1. The van der Waals surface area contributed by atoms with Crippen molar-refractivity contribution >= 4 is 10.8 Å². The molecule has 0 saturated carbocycles. The van der Waals surface area contributed by atoms with E-state index in [2.05, 4.69) is 0 Å². The monoisotopic (exact) mass is 288 g/mol. The molecule has 0 amide bonds. The van der Waals surface area contributed by atoms with Crippen molar-refractivity contribution in [2.75, 3.05) is 0 Å². The zero-order valence-electron chi connectivity index (χ0n) is 12.0. The van der Waals surface area contributed by atoms with Gasteiger partial charge in [0.2, 0.25) is 0 Å². The molecule has 0 aliphatic heterocycles. The van der Waals surface area contributed by atoms with Crippen LogP contribution in [0.5, 0.6) is 0 Å². The molecule has 20 heavy (non-hydrogen) atoms. The molecule has 0 radical (unpaired) electrons. The molecular weight excluding hydrogens is 268 g/mol. The molecule has 0 aliphatic rings. The third kappa shape index (κ3) is 3.00. The third-order valence-corrected chi connectivity index (χ3v) is 5.56. The summed E-state index contributed by atoms with van der Waals surface area (Å²) < 4.78 is 12.6. The number of hydrogen-bond acceptors (Lipinski definition) is 2. The fourth-order valence-electron chi connectivity index (χ4n) is 2.10. The third-order valence-electron chi connectivity index (χ3n) is 3.72. The van der Waals surface area contributed by atoms with Crippen LogP contribution >= 0.6 is 0 Å². The first-order chi connectivity index (χ1) is 9.43. The first-order valence-corrected chi connectivity index (χ1v) is 7.89. The number of hydrogen-bond donors (Lipinski definition) is 1. The second kappa shape index (κ2) is 5.90. The number of rotatable bonds is 4. The van der Waals surface area contributed by atoms with E-state index < -0.39 is 21.7 Å². The van der Waals surface area contributed by atoms with E-state index in [9.17, 15) is 9.32 Å². The minimum atomic E-state index is -1.26. The molecule has 0 spiro atoms. The summed E-state index contributed by atoms with van der Waals surface area (Å²) in [6, 6.07) is 17.0. The molecule has 2 rings (SSSR count). The van der Waals surface area contributed by atoms with Crippen LogP contribution in [-0.2, 0) is 16.4 Å². The first kappa shape index (κ1) is 14.9.